The Morgan fingerprint density at radius 2 is 2.00 bits per heavy atom. The molecule has 3 aliphatic heterocycles. The Balaban J connectivity index is 1.27. The molecule has 3 saturated heterocycles. The summed E-state index contributed by atoms with van der Waals surface area (Å²) in [5.41, 5.74) is 0.657. The van der Waals surface area contributed by atoms with Crippen molar-refractivity contribution in [3.05, 3.63) is 42.9 Å². The fourth-order valence-corrected chi connectivity index (χ4v) is 7.99. The zero-order valence-electron chi connectivity index (χ0n) is 27.5. The Morgan fingerprint density at radius 1 is 1.17 bits per heavy atom. The molecule has 2 N–H and O–H groups in total. The second-order valence-electron chi connectivity index (χ2n) is 12.8. The number of nitrogens with zero attached hydrogens (tertiary/aromatic N) is 8. The number of halogens is 1. The van der Waals surface area contributed by atoms with Crippen LogP contribution < -0.4 is 20.4 Å². The summed E-state index contributed by atoms with van der Waals surface area (Å²) in [5.74, 6) is 1.94. The van der Waals surface area contributed by atoms with Crippen LogP contribution in [0.2, 0.25) is 0 Å². The average molecular weight is 683 g/mol. The fourth-order valence-electron chi connectivity index (χ4n) is 6.83. The van der Waals surface area contributed by atoms with Gasteiger partial charge in [0.05, 0.1) is 36.7 Å². The number of anilines is 4. The number of hydrogen-bond donors (Lipinski definition) is 2. The van der Waals surface area contributed by atoms with Gasteiger partial charge in [-0.05, 0) is 51.4 Å². The van der Waals surface area contributed by atoms with E-state index in [0.29, 0.717) is 68.3 Å². The van der Waals surface area contributed by atoms with Gasteiger partial charge < -0.3 is 30.1 Å². The van der Waals surface area contributed by atoms with E-state index in [2.05, 4.69) is 42.3 Å². The van der Waals surface area contributed by atoms with Crippen LogP contribution in [-0.4, -0.2) is 121 Å². The molecule has 0 bridgehead atoms. The topological polar surface area (TPSA) is 159 Å². The molecule has 3 aromatic heterocycles. The lowest BCUT2D eigenvalue weighted by Crippen LogP contribution is -2.57. The highest BCUT2D eigenvalue weighted by atomic mass is 32.2. The third-order valence-corrected chi connectivity index (χ3v) is 10.5. The van der Waals surface area contributed by atoms with Gasteiger partial charge in [0, 0.05) is 67.6 Å². The number of fused-ring (bicyclic) bond motifs is 1. The third kappa shape index (κ3) is 7.20. The molecule has 5 atom stereocenters. The van der Waals surface area contributed by atoms with E-state index in [1.165, 1.54) is 12.3 Å². The molecule has 0 radical (unpaired) electrons. The van der Waals surface area contributed by atoms with Crippen LogP contribution in [0.3, 0.4) is 0 Å². The van der Waals surface area contributed by atoms with Crippen molar-refractivity contribution in [3.63, 3.8) is 0 Å². The van der Waals surface area contributed by atoms with Gasteiger partial charge >= 0.3 is 0 Å². The van der Waals surface area contributed by atoms with Crippen LogP contribution in [0.4, 0.5) is 27.8 Å². The molecule has 0 saturated carbocycles. The lowest BCUT2D eigenvalue weighted by atomic mass is 9.91. The molecule has 6 heterocycles. The van der Waals surface area contributed by atoms with Gasteiger partial charge in [0.25, 0.3) is 0 Å². The normalized spacial score (nSPS) is 24.5. The SMILES string of the molecule is C=CC(=O)N1CCCC1c1nnc(N2C[C@H](CS(C)(=O)=O)[C@H]2C)c2cnc(Nc3ccnc(N4CC[C@@H](OCCNC)[C@@H](F)C4)n3)cc12. The third-order valence-electron chi connectivity index (χ3n) is 9.44. The molecule has 0 aliphatic carbocycles. The molecule has 3 aliphatic rings. The summed E-state index contributed by atoms with van der Waals surface area (Å²) in [6.45, 7) is 8.60. The summed E-state index contributed by atoms with van der Waals surface area (Å²) in [5, 5.41) is 17.1. The van der Waals surface area contributed by atoms with Crippen LogP contribution in [0.1, 0.15) is 37.9 Å². The molecule has 16 heteroatoms. The maximum absolute atomic E-state index is 15.0. The fraction of sp³-hybridized carbons (Fsp3) is 0.562. The van der Waals surface area contributed by atoms with Gasteiger partial charge in [0.1, 0.15) is 27.6 Å². The number of piperidine rings is 1. The molecule has 1 amide bonds. The molecule has 3 aromatic rings. The van der Waals surface area contributed by atoms with E-state index in [4.69, 9.17) is 9.72 Å². The highest BCUT2D eigenvalue weighted by molar-refractivity contribution is 7.90. The van der Waals surface area contributed by atoms with Crippen molar-refractivity contribution in [1.82, 2.24) is 35.4 Å². The Labute approximate surface area is 280 Å². The summed E-state index contributed by atoms with van der Waals surface area (Å²) in [6, 6.07) is 3.26. The van der Waals surface area contributed by atoms with Gasteiger partial charge in [0.15, 0.2) is 5.82 Å². The molecule has 3 fully saturated rings. The first kappa shape index (κ1) is 33.9. The van der Waals surface area contributed by atoms with Gasteiger partial charge in [-0.15, -0.1) is 5.10 Å². The summed E-state index contributed by atoms with van der Waals surface area (Å²) in [6.07, 6.45) is 6.39. The summed E-state index contributed by atoms with van der Waals surface area (Å²) < 4.78 is 44.6. The van der Waals surface area contributed by atoms with Gasteiger partial charge in [-0.2, -0.15) is 10.1 Å². The largest absolute Gasteiger partial charge is 0.374 e. The van der Waals surface area contributed by atoms with Gasteiger partial charge in [-0.1, -0.05) is 6.58 Å². The zero-order chi connectivity index (χ0) is 34.0. The van der Waals surface area contributed by atoms with Crippen molar-refractivity contribution in [2.24, 2.45) is 5.92 Å². The van der Waals surface area contributed by atoms with E-state index >= 15 is 0 Å². The number of pyridine rings is 1. The average Bonchev–Trinajstić information content (AvgIpc) is 3.56. The van der Waals surface area contributed by atoms with Gasteiger partial charge in [-0.25, -0.2) is 22.8 Å². The number of likely N-dealkylation sites (N-methyl/N-ethyl adjacent to an activating group) is 1. The molecule has 48 heavy (non-hydrogen) atoms. The first-order valence-electron chi connectivity index (χ1n) is 16.3. The summed E-state index contributed by atoms with van der Waals surface area (Å²) in [7, 11) is -1.29. The highest BCUT2D eigenvalue weighted by Gasteiger charge is 2.40. The second-order valence-corrected chi connectivity index (χ2v) is 15.0. The van der Waals surface area contributed by atoms with Crippen LogP contribution in [-0.2, 0) is 19.4 Å². The molecule has 0 spiro atoms. The molecular formula is C32H43FN10O4S. The van der Waals surface area contributed by atoms with Crippen LogP contribution in [0.5, 0.6) is 0 Å². The van der Waals surface area contributed by atoms with Crippen molar-refractivity contribution >= 4 is 49.9 Å². The molecule has 0 aromatic carbocycles. The van der Waals surface area contributed by atoms with Crippen LogP contribution in [0.15, 0.2) is 37.2 Å². The Morgan fingerprint density at radius 3 is 2.73 bits per heavy atom. The number of alkyl halides is 1. The molecule has 14 nitrogen and oxygen atoms in total. The maximum atomic E-state index is 15.0. The number of sulfone groups is 1. The number of likely N-dealkylation sites (tertiary alicyclic amines) is 1. The van der Waals surface area contributed by atoms with E-state index < -0.39 is 22.1 Å². The second kappa shape index (κ2) is 14.2. The van der Waals surface area contributed by atoms with Crippen molar-refractivity contribution in [1.29, 1.82) is 0 Å². The summed E-state index contributed by atoms with van der Waals surface area (Å²) >= 11 is 0. The van der Waals surface area contributed by atoms with Gasteiger partial charge in [0.2, 0.25) is 11.9 Å². The van der Waals surface area contributed by atoms with Crippen molar-refractivity contribution in [2.75, 3.05) is 73.5 Å². The quantitative estimate of drug-likeness (QED) is 0.212. The van der Waals surface area contributed by atoms with E-state index in [0.717, 1.165) is 23.6 Å². The predicted octanol–water partition coefficient (Wildman–Crippen LogP) is 2.43. The number of carbonyl (C=O) groups is 1. The molecular weight excluding hydrogens is 639 g/mol. The van der Waals surface area contributed by atoms with Crippen LogP contribution in [0, 0.1) is 5.92 Å². The lowest BCUT2D eigenvalue weighted by Gasteiger charge is -2.47. The smallest absolute Gasteiger partial charge is 0.246 e. The molecule has 6 rings (SSSR count). The van der Waals surface area contributed by atoms with Crippen molar-refractivity contribution in [3.8, 4) is 0 Å². The maximum Gasteiger partial charge on any atom is 0.246 e. The zero-order valence-corrected chi connectivity index (χ0v) is 28.4. The monoisotopic (exact) mass is 682 g/mol. The number of rotatable bonds is 12. The lowest BCUT2D eigenvalue weighted by molar-refractivity contribution is -0.126. The minimum atomic E-state index is -3.12. The highest BCUT2D eigenvalue weighted by Crippen LogP contribution is 2.40. The van der Waals surface area contributed by atoms with E-state index in [1.54, 1.807) is 23.4 Å². The predicted molar refractivity (Wildman–Crippen MR) is 182 cm³/mol. The van der Waals surface area contributed by atoms with E-state index in [9.17, 15) is 17.6 Å². The van der Waals surface area contributed by atoms with E-state index in [-0.39, 0.29) is 36.2 Å². The minimum Gasteiger partial charge on any atom is -0.374 e. The Hall–Kier alpha value is -4.02. The van der Waals surface area contributed by atoms with Gasteiger partial charge in [-0.3, -0.25) is 4.79 Å². The Kier molecular flexibility index (Phi) is 10.0. The van der Waals surface area contributed by atoms with Crippen LogP contribution >= 0.6 is 0 Å². The first-order chi connectivity index (χ1) is 23.1. The number of amides is 1. The number of aromatic nitrogens is 5. The van der Waals surface area contributed by atoms with Crippen molar-refractivity contribution in [2.45, 2.75) is 50.5 Å². The molecule has 258 valence electrons. The number of carbonyl (C=O) groups excluding carboxylic acids is 1. The number of nitrogens with one attached hydrogen (secondary N) is 2. The summed E-state index contributed by atoms with van der Waals surface area (Å²) in [4.78, 5) is 32.1. The van der Waals surface area contributed by atoms with Crippen molar-refractivity contribution < 1.29 is 22.3 Å². The standard InChI is InChI=1S/C32H43FN10O4S/c1-5-29(44)42-12-6-7-25(42)30-22-15-28(36-16-23(22)31(40-39-30)43-17-21(20(43)2)19-48(4,45)46)37-27-8-10-35-32(38-27)41-13-9-26(24(33)18-41)47-14-11-34-3/h5,8,10,15-16,20-21,24-26,34H,1,6-7,9,11-14,17-19H2,2-4H3,(H,35,36,37,38)/t20-,21-,24+,25?,26-/m1/s1. The number of hydrogen-bond acceptors (Lipinski definition) is 13. The van der Waals surface area contributed by atoms with E-state index in [1.807, 2.05) is 24.9 Å². The number of ether oxygens (including phenoxy) is 1. The van der Waals surface area contributed by atoms with Crippen LogP contribution in [0.25, 0.3) is 10.8 Å². The molecule has 1 unspecified atom stereocenters. The minimum absolute atomic E-state index is 0.0164. The Bertz CT molecular complexity index is 1760. The first-order valence-corrected chi connectivity index (χ1v) is 18.4.